The van der Waals surface area contributed by atoms with E-state index < -0.39 is 72.1 Å². The maximum Gasteiger partial charge on any atom is 0.282 e. The van der Waals surface area contributed by atoms with Crippen LogP contribution in [0, 0.1) is 23.5 Å². The Morgan fingerprint density at radius 3 is 2.60 bits per heavy atom. The molecule has 0 radical (unpaired) electrons. The first-order valence-electron chi connectivity index (χ1n) is 15.5. The fourth-order valence-corrected chi connectivity index (χ4v) is 6.56. The Morgan fingerprint density at radius 1 is 1.10 bits per heavy atom. The zero-order chi connectivity index (χ0) is 35.5. The molecule has 0 spiro atoms. The van der Waals surface area contributed by atoms with Crippen LogP contribution in [0.25, 0.3) is 16.7 Å². The molecule has 16 heteroatoms. The molecule has 258 valence electrons. The van der Waals surface area contributed by atoms with Crippen molar-refractivity contribution >= 4 is 28.6 Å². The summed E-state index contributed by atoms with van der Waals surface area (Å²) in [5.41, 5.74) is -0.592. The molecule has 1 fully saturated rings. The Hall–Kier alpha value is -5.54. The van der Waals surface area contributed by atoms with Gasteiger partial charge in [-0.1, -0.05) is 12.6 Å². The number of hydrazone groups is 1. The van der Waals surface area contributed by atoms with Gasteiger partial charge in [-0.05, 0) is 65.4 Å². The van der Waals surface area contributed by atoms with Crippen LogP contribution in [0.3, 0.4) is 0 Å². The maximum atomic E-state index is 15.1. The number of nitrogens with one attached hydrogen (secondary N) is 2. The predicted molar refractivity (Wildman–Crippen MR) is 168 cm³/mol. The fourth-order valence-electron chi connectivity index (χ4n) is 6.56. The van der Waals surface area contributed by atoms with E-state index in [0.717, 1.165) is 16.7 Å². The number of fused-ring (bicyclic) bond motifs is 3. The molecular formula is C34H27F6N7O3. The van der Waals surface area contributed by atoms with Crippen LogP contribution in [0.1, 0.15) is 39.8 Å². The summed E-state index contributed by atoms with van der Waals surface area (Å²) in [7, 11) is 0. The number of halogens is 6. The number of pyridine rings is 1. The summed E-state index contributed by atoms with van der Waals surface area (Å²) in [4.78, 5) is 49.0. The number of aromatic nitrogens is 3. The van der Waals surface area contributed by atoms with E-state index in [0.29, 0.717) is 16.6 Å². The second-order valence-corrected chi connectivity index (χ2v) is 12.5. The summed E-state index contributed by atoms with van der Waals surface area (Å²) in [5.74, 6) is -8.91. The topological polar surface area (TPSA) is 122 Å². The van der Waals surface area contributed by atoms with Gasteiger partial charge < -0.3 is 10.6 Å². The van der Waals surface area contributed by atoms with Crippen molar-refractivity contribution in [3.05, 3.63) is 111 Å². The molecule has 0 bridgehead atoms. The van der Waals surface area contributed by atoms with Crippen LogP contribution in [0.2, 0.25) is 0 Å². The number of amides is 2. The van der Waals surface area contributed by atoms with Crippen LogP contribution in [0.5, 0.6) is 0 Å². The first-order valence-corrected chi connectivity index (χ1v) is 15.5. The molecule has 7 rings (SSSR count). The van der Waals surface area contributed by atoms with Gasteiger partial charge in [0.25, 0.3) is 23.8 Å². The minimum absolute atomic E-state index is 0.0231. The lowest BCUT2D eigenvalue weighted by molar-refractivity contribution is -0.125. The molecule has 3 aliphatic rings. The standard InChI is InChI=1S/C34H27F6N7O3/c1-16-23-12-25(23)34(39,40)15-46(45-28(16)29(37)38)14-27(48)43-26(9-17-7-19(35)10-20(36)8-17)31-44-30-22(3-2-6-41-30)33(50)47(31)21-5-4-18-13-42-32(49)24(18)11-21/h2-8,10-11,23,25-26,29H,1,9,12-15H2,(H,42,49)(H,43,48)/b45-28+/t23-,25-,26+/m1/s1. The molecule has 1 aliphatic carbocycles. The van der Waals surface area contributed by atoms with Crippen molar-refractivity contribution in [2.24, 2.45) is 16.9 Å². The smallest absolute Gasteiger partial charge is 0.282 e. The first-order chi connectivity index (χ1) is 23.8. The second kappa shape index (κ2) is 12.4. The van der Waals surface area contributed by atoms with Crippen molar-refractivity contribution in [2.45, 2.75) is 37.8 Å². The van der Waals surface area contributed by atoms with Gasteiger partial charge in [0, 0.05) is 36.7 Å². The Balaban J connectivity index is 1.32. The highest BCUT2D eigenvalue weighted by Crippen LogP contribution is 2.54. The molecule has 3 atom stereocenters. The number of nitrogens with zero attached hydrogens (tertiary/aromatic N) is 5. The summed E-state index contributed by atoms with van der Waals surface area (Å²) < 4.78 is 87.9. The molecule has 0 unspecified atom stereocenters. The molecule has 10 nitrogen and oxygen atoms in total. The van der Waals surface area contributed by atoms with Gasteiger partial charge >= 0.3 is 0 Å². The highest BCUT2D eigenvalue weighted by atomic mass is 19.3. The van der Waals surface area contributed by atoms with Gasteiger partial charge in [-0.3, -0.25) is 24.0 Å². The third kappa shape index (κ3) is 6.20. The molecule has 2 N–H and O–H groups in total. The zero-order valence-electron chi connectivity index (χ0n) is 26.0. The quantitative estimate of drug-likeness (QED) is 0.263. The van der Waals surface area contributed by atoms with E-state index in [2.05, 4.69) is 32.3 Å². The van der Waals surface area contributed by atoms with E-state index in [1.807, 2.05) is 0 Å². The van der Waals surface area contributed by atoms with Gasteiger partial charge in [-0.2, -0.15) is 5.10 Å². The second-order valence-electron chi connectivity index (χ2n) is 12.5. The molecule has 1 saturated carbocycles. The normalized spacial score (nSPS) is 21.1. The molecule has 50 heavy (non-hydrogen) atoms. The van der Waals surface area contributed by atoms with Crippen molar-refractivity contribution < 1.29 is 35.9 Å². The van der Waals surface area contributed by atoms with Crippen LogP contribution >= 0.6 is 0 Å². The van der Waals surface area contributed by atoms with E-state index >= 15 is 8.78 Å². The third-order valence-electron chi connectivity index (χ3n) is 9.00. The third-order valence-corrected chi connectivity index (χ3v) is 9.00. The van der Waals surface area contributed by atoms with E-state index in [1.54, 1.807) is 12.1 Å². The lowest BCUT2D eigenvalue weighted by Gasteiger charge is -2.29. The number of allylic oxidation sites excluding steroid dienone is 1. The van der Waals surface area contributed by atoms with Crippen LogP contribution < -0.4 is 16.2 Å². The molecule has 2 amide bonds. The summed E-state index contributed by atoms with van der Waals surface area (Å²) in [5, 5.41) is 9.60. The van der Waals surface area contributed by atoms with Crippen LogP contribution in [0.15, 0.2) is 76.8 Å². The molecule has 4 aromatic rings. The number of carbonyl (C=O) groups is 2. The van der Waals surface area contributed by atoms with Crippen LogP contribution in [0.4, 0.5) is 26.3 Å². The predicted octanol–water partition coefficient (Wildman–Crippen LogP) is 4.47. The number of carbonyl (C=O) groups excluding carboxylic acids is 2. The summed E-state index contributed by atoms with van der Waals surface area (Å²) in [6.07, 6.45) is -2.20. The lowest BCUT2D eigenvalue weighted by Crippen LogP contribution is -2.45. The van der Waals surface area contributed by atoms with Crippen molar-refractivity contribution in [1.29, 1.82) is 0 Å². The Kier molecular flexibility index (Phi) is 8.19. The van der Waals surface area contributed by atoms with E-state index in [4.69, 9.17) is 0 Å². The largest absolute Gasteiger partial charge is 0.348 e. The van der Waals surface area contributed by atoms with E-state index in [-0.39, 0.29) is 64.5 Å². The van der Waals surface area contributed by atoms with Gasteiger partial charge in [-0.15, -0.1) is 0 Å². The SMILES string of the molecule is C=C1/C(C(F)F)=N\N(CC(=O)N[C@@H](Cc2cc(F)cc(F)c2)c2nc3ncccc3c(=O)n2-c2ccc3c(c2)C(=O)NC3)CC(F)(F)[C@@H]2C[C@H]12. The van der Waals surface area contributed by atoms with Crippen molar-refractivity contribution in [2.75, 3.05) is 13.1 Å². The zero-order valence-corrected chi connectivity index (χ0v) is 26.0. The summed E-state index contributed by atoms with van der Waals surface area (Å²) in [6, 6.07) is 8.85. The van der Waals surface area contributed by atoms with Gasteiger partial charge in [-0.25, -0.2) is 36.3 Å². The molecule has 2 aromatic heterocycles. The minimum Gasteiger partial charge on any atom is -0.348 e. The number of rotatable bonds is 8. The fraction of sp³-hybridized carbons (Fsp3) is 0.294. The molecular weight excluding hydrogens is 668 g/mol. The van der Waals surface area contributed by atoms with Gasteiger partial charge in [0.05, 0.1) is 17.1 Å². The van der Waals surface area contributed by atoms with Gasteiger partial charge in [0.15, 0.2) is 5.65 Å². The van der Waals surface area contributed by atoms with Crippen molar-refractivity contribution in [3.8, 4) is 5.69 Å². The van der Waals surface area contributed by atoms with Gasteiger partial charge in [0.2, 0.25) is 5.91 Å². The average molecular weight is 696 g/mol. The highest BCUT2D eigenvalue weighted by Gasteiger charge is 2.58. The Labute approximate surface area is 279 Å². The lowest BCUT2D eigenvalue weighted by atomic mass is 10.0. The van der Waals surface area contributed by atoms with E-state index in [9.17, 15) is 31.9 Å². The minimum atomic E-state index is -3.38. The van der Waals surface area contributed by atoms with Crippen molar-refractivity contribution in [1.82, 2.24) is 30.2 Å². The average Bonchev–Trinajstić information content (AvgIpc) is 3.79. The molecule has 2 aromatic carbocycles. The monoisotopic (exact) mass is 695 g/mol. The van der Waals surface area contributed by atoms with E-state index in [1.165, 1.54) is 24.4 Å². The number of alkyl halides is 4. The Morgan fingerprint density at radius 2 is 1.86 bits per heavy atom. The first kappa shape index (κ1) is 33.0. The molecule has 0 saturated heterocycles. The number of hydrogen-bond acceptors (Lipinski definition) is 7. The molecule has 2 aliphatic heterocycles. The molecule has 4 heterocycles. The number of benzene rings is 2. The highest BCUT2D eigenvalue weighted by molar-refractivity contribution is 6.03. The van der Waals surface area contributed by atoms with Crippen LogP contribution in [-0.4, -0.2) is 62.5 Å². The van der Waals surface area contributed by atoms with Crippen LogP contribution in [-0.2, 0) is 17.8 Å². The maximum absolute atomic E-state index is 15.1. The van der Waals surface area contributed by atoms with Crippen molar-refractivity contribution in [3.63, 3.8) is 0 Å². The Bertz CT molecular complexity index is 2150. The summed E-state index contributed by atoms with van der Waals surface area (Å²) >= 11 is 0. The number of hydrogen-bond donors (Lipinski definition) is 2. The van der Waals surface area contributed by atoms with Gasteiger partial charge in [0.1, 0.15) is 36.3 Å². The summed E-state index contributed by atoms with van der Waals surface area (Å²) in [6.45, 7) is 1.76.